The average Bonchev–Trinajstić information content (AvgIpc) is 3.01. The van der Waals surface area contributed by atoms with E-state index >= 15 is 0 Å². The topological polar surface area (TPSA) is 134 Å². The normalized spacial score (nSPS) is 12.5. The number of aliphatic carboxylic acids is 1. The van der Waals surface area contributed by atoms with E-state index in [1.54, 1.807) is 48.5 Å². The van der Waals surface area contributed by atoms with E-state index in [0.717, 1.165) is 18.4 Å². The van der Waals surface area contributed by atoms with Crippen LogP contribution in [0.3, 0.4) is 0 Å². The second-order valence-corrected chi connectivity index (χ2v) is 12.5. The summed E-state index contributed by atoms with van der Waals surface area (Å²) < 4.78 is 5.73. The van der Waals surface area contributed by atoms with Crippen molar-refractivity contribution in [3.05, 3.63) is 101 Å². The summed E-state index contributed by atoms with van der Waals surface area (Å²) in [4.78, 5) is 50.3. The lowest BCUT2D eigenvalue weighted by atomic mass is 9.86. The highest BCUT2D eigenvalue weighted by Crippen LogP contribution is 2.23. The van der Waals surface area contributed by atoms with E-state index in [9.17, 15) is 24.3 Å². The second-order valence-electron chi connectivity index (χ2n) is 12.5. The van der Waals surface area contributed by atoms with Crippen LogP contribution < -0.4 is 20.9 Å². The number of unbranched alkanes of at least 4 members (excludes halogenated alkanes) is 4. The molecule has 0 saturated heterocycles. The third-order valence-electron chi connectivity index (χ3n) is 7.57. The van der Waals surface area contributed by atoms with Crippen molar-refractivity contribution in [2.24, 2.45) is 0 Å². The van der Waals surface area contributed by atoms with Gasteiger partial charge >= 0.3 is 5.97 Å². The van der Waals surface area contributed by atoms with Crippen LogP contribution in [0, 0.1) is 0 Å². The first-order valence-electron chi connectivity index (χ1n) is 15.4. The molecule has 3 amide bonds. The SMILES string of the molecule is CCCCCCCOc1ccc(C(=O)NNC(=O)c2ccc(C[C@](C)(NC(=O)c3ccc(C(C)(C)C)cc3)C(=O)O)cc2)cc1. The number of rotatable bonds is 14. The summed E-state index contributed by atoms with van der Waals surface area (Å²) in [5.41, 5.74) is 5.78. The van der Waals surface area contributed by atoms with Gasteiger partial charge in [-0.25, -0.2) is 4.79 Å². The van der Waals surface area contributed by atoms with Crippen LogP contribution in [0.25, 0.3) is 0 Å². The van der Waals surface area contributed by atoms with Crippen LogP contribution in [-0.2, 0) is 16.6 Å². The van der Waals surface area contributed by atoms with Gasteiger partial charge in [0.1, 0.15) is 11.3 Å². The third kappa shape index (κ3) is 10.5. The zero-order valence-electron chi connectivity index (χ0n) is 26.9. The molecule has 0 unspecified atom stereocenters. The van der Waals surface area contributed by atoms with Gasteiger partial charge < -0.3 is 15.2 Å². The van der Waals surface area contributed by atoms with Crippen molar-refractivity contribution in [2.75, 3.05) is 6.61 Å². The van der Waals surface area contributed by atoms with Gasteiger partial charge in [-0.05, 0) is 78.4 Å². The first kappa shape index (κ1) is 34.8. The fraction of sp³-hybridized carbons (Fsp3) is 0.389. The molecule has 0 spiro atoms. The third-order valence-corrected chi connectivity index (χ3v) is 7.57. The molecule has 240 valence electrons. The van der Waals surface area contributed by atoms with Gasteiger partial charge in [0.2, 0.25) is 0 Å². The molecular weight excluding hydrogens is 570 g/mol. The average molecular weight is 616 g/mol. The summed E-state index contributed by atoms with van der Waals surface area (Å²) in [7, 11) is 0. The summed E-state index contributed by atoms with van der Waals surface area (Å²) in [5.74, 6) is -2.02. The van der Waals surface area contributed by atoms with E-state index in [2.05, 4.69) is 43.9 Å². The highest BCUT2D eigenvalue weighted by Gasteiger charge is 2.35. The maximum atomic E-state index is 12.9. The van der Waals surface area contributed by atoms with E-state index in [1.165, 1.54) is 38.3 Å². The molecule has 0 fully saturated rings. The van der Waals surface area contributed by atoms with Crippen molar-refractivity contribution >= 4 is 23.7 Å². The molecular formula is C36H45N3O6. The molecule has 0 saturated carbocycles. The van der Waals surface area contributed by atoms with Crippen LogP contribution in [-0.4, -0.2) is 40.9 Å². The number of nitrogens with one attached hydrogen (secondary N) is 3. The van der Waals surface area contributed by atoms with Crippen molar-refractivity contribution < 1.29 is 29.0 Å². The van der Waals surface area contributed by atoms with Crippen molar-refractivity contribution in [1.29, 1.82) is 0 Å². The Kier molecular flexibility index (Phi) is 12.3. The largest absolute Gasteiger partial charge is 0.494 e. The van der Waals surface area contributed by atoms with Gasteiger partial charge in [-0.15, -0.1) is 0 Å². The Morgan fingerprint density at radius 2 is 1.16 bits per heavy atom. The Hall–Kier alpha value is -4.66. The summed E-state index contributed by atoms with van der Waals surface area (Å²) in [6.45, 7) is 10.5. The minimum Gasteiger partial charge on any atom is -0.494 e. The lowest BCUT2D eigenvalue weighted by Gasteiger charge is -2.27. The highest BCUT2D eigenvalue weighted by molar-refractivity contribution is 5.99. The Morgan fingerprint density at radius 3 is 1.67 bits per heavy atom. The smallest absolute Gasteiger partial charge is 0.329 e. The van der Waals surface area contributed by atoms with Gasteiger partial charge in [0.15, 0.2) is 0 Å². The van der Waals surface area contributed by atoms with Crippen LogP contribution in [0.4, 0.5) is 0 Å². The lowest BCUT2D eigenvalue weighted by Crippen LogP contribution is -2.53. The van der Waals surface area contributed by atoms with Gasteiger partial charge in [-0.2, -0.15) is 0 Å². The molecule has 0 aliphatic carbocycles. The predicted molar refractivity (Wildman–Crippen MR) is 174 cm³/mol. The number of hydrogen-bond acceptors (Lipinski definition) is 5. The van der Waals surface area contributed by atoms with E-state index < -0.39 is 29.2 Å². The van der Waals surface area contributed by atoms with Crippen LogP contribution in [0.2, 0.25) is 0 Å². The lowest BCUT2D eigenvalue weighted by molar-refractivity contribution is -0.143. The van der Waals surface area contributed by atoms with Gasteiger partial charge in [-0.1, -0.05) is 77.6 Å². The van der Waals surface area contributed by atoms with Gasteiger partial charge in [0, 0.05) is 23.1 Å². The number of carbonyl (C=O) groups is 4. The standard InChI is InChI=1S/C36H45N3O6/c1-6-7-8-9-10-23-45-30-21-17-28(18-22-30)33(42)39-38-32(41)27-13-11-25(12-14-27)24-36(5,34(43)44)37-31(40)26-15-19-29(20-16-26)35(2,3)4/h11-22H,6-10,23-24H2,1-5H3,(H,37,40)(H,38,41)(H,39,42)(H,43,44)/t36-/m0/s1. The molecule has 0 bridgehead atoms. The number of hydrazine groups is 1. The molecule has 9 heteroatoms. The molecule has 1 atom stereocenters. The number of carbonyl (C=O) groups excluding carboxylic acids is 3. The quantitative estimate of drug-likeness (QED) is 0.126. The first-order chi connectivity index (χ1) is 21.3. The minimum atomic E-state index is -1.59. The molecule has 0 aliphatic rings. The van der Waals surface area contributed by atoms with Crippen molar-refractivity contribution in [2.45, 2.75) is 84.1 Å². The zero-order valence-corrected chi connectivity index (χ0v) is 26.9. The number of ether oxygens (including phenoxy) is 1. The van der Waals surface area contributed by atoms with Gasteiger partial charge in [0.05, 0.1) is 6.61 Å². The Labute approximate surface area is 265 Å². The summed E-state index contributed by atoms with van der Waals surface area (Å²) in [6.07, 6.45) is 5.73. The molecule has 0 aliphatic heterocycles. The fourth-order valence-corrected chi connectivity index (χ4v) is 4.66. The number of carboxylic acids is 1. The van der Waals surface area contributed by atoms with Crippen molar-refractivity contribution in [3.8, 4) is 5.75 Å². The highest BCUT2D eigenvalue weighted by atomic mass is 16.5. The van der Waals surface area contributed by atoms with Gasteiger partial charge in [-0.3, -0.25) is 25.2 Å². The number of carboxylic acid groups (broad SMARTS) is 1. The van der Waals surface area contributed by atoms with Crippen molar-refractivity contribution in [3.63, 3.8) is 0 Å². The Morgan fingerprint density at radius 1 is 0.667 bits per heavy atom. The van der Waals surface area contributed by atoms with E-state index in [0.29, 0.717) is 29.0 Å². The molecule has 0 heterocycles. The van der Waals surface area contributed by atoms with Crippen molar-refractivity contribution in [1.82, 2.24) is 16.2 Å². The monoisotopic (exact) mass is 615 g/mol. The molecule has 3 rings (SSSR count). The maximum Gasteiger partial charge on any atom is 0.329 e. The van der Waals surface area contributed by atoms with Crippen LogP contribution in [0.1, 0.15) is 109 Å². The second kappa shape index (κ2) is 15.9. The maximum absolute atomic E-state index is 12.9. The predicted octanol–water partition coefficient (Wildman–Crippen LogP) is 6.22. The Balaban J connectivity index is 1.52. The van der Waals surface area contributed by atoms with E-state index in [-0.39, 0.29) is 17.4 Å². The van der Waals surface area contributed by atoms with Gasteiger partial charge in [0.25, 0.3) is 17.7 Å². The Bertz CT molecular complexity index is 1440. The summed E-state index contributed by atoms with van der Waals surface area (Å²) in [5, 5.41) is 12.6. The molecule has 3 aromatic carbocycles. The van der Waals surface area contributed by atoms with E-state index in [1.807, 2.05) is 12.1 Å². The fourth-order valence-electron chi connectivity index (χ4n) is 4.66. The summed E-state index contributed by atoms with van der Waals surface area (Å²) in [6, 6.07) is 20.1. The van der Waals surface area contributed by atoms with Crippen LogP contribution in [0.15, 0.2) is 72.8 Å². The van der Waals surface area contributed by atoms with Crippen LogP contribution >= 0.6 is 0 Å². The van der Waals surface area contributed by atoms with E-state index in [4.69, 9.17) is 4.74 Å². The molecule has 0 aromatic heterocycles. The molecule has 4 N–H and O–H groups in total. The minimum absolute atomic E-state index is 0.00858. The zero-order chi connectivity index (χ0) is 33.0. The number of hydrogen-bond donors (Lipinski definition) is 4. The summed E-state index contributed by atoms with van der Waals surface area (Å²) >= 11 is 0. The molecule has 0 radical (unpaired) electrons. The molecule has 3 aromatic rings. The molecule has 9 nitrogen and oxygen atoms in total. The van der Waals surface area contributed by atoms with Crippen LogP contribution in [0.5, 0.6) is 5.75 Å². The number of benzene rings is 3. The first-order valence-corrected chi connectivity index (χ1v) is 15.4. The number of amides is 3. The molecule has 45 heavy (non-hydrogen) atoms.